The normalized spacial score (nSPS) is 12.4. The van der Waals surface area contributed by atoms with Crippen LogP contribution >= 0.6 is 11.3 Å². The number of nitrogen functional groups attached to an aromatic ring is 1. The molecule has 0 fully saturated rings. The van der Waals surface area contributed by atoms with Crippen LogP contribution < -0.4 is 11.1 Å². The Hall–Kier alpha value is -1.69. The van der Waals surface area contributed by atoms with Gasteiger partial charge in [-0.1, -0.05) is 0 Å². The number of thiazole rings is 1. The van der Waals surface area contributed by atoms with Gasteiger partial charge in [0.15, 0.2) is 0 Å². The number of aryl methyl sites for hydroxylation is 1. The van der Waals surface area contributed by atoms with Gasteiger partial charge in [-0.2, -0.15) is 0 Å². The number of aromatic nitrogens is 3. The Labute approximate surface area is 97.8 Å². The summed E-state index contributed by atoms with van der Waals surface area (Å²) in [6, 6.07) is 0.122. The van der Waals surface area contributed by atoms with Crippen LogP contribution in [0.4, 0.5) is 11.6 Å². The Bertz CT molecular complexity index is 464. The maximum Gasteiger partial charge on any atom is 0.145 e. The lowest BCUT2D eigenvalue weighted by atomic mass is 10.3. The van der Waals surface area contributed by atoms with Crippen molar-refractivity contribution < 1.29 is 0 Å². The molecule has 2 aromatic heterocycles. The van der Waals surface area contributed by atoms with E-state index < -0.39 is 0 Å². The van der Waals surface area contributed by atoms with E-state index in [9.17, 15) is 0 Å². The molecular weight excluding hydrogens is 222 g/mol. The SMILES string of the molecule is Cc1cnc(C(C)Nc2cnc(N)cn2)s1. The zero-order chi connectivity index (χ0) is 11.5. The van der Waals surface area contributed by atoms with Crippen LogP contribution in [0.3, 0.4) is 0 Å². The first-order valence-electron chi connectivity index (χ1n) is 4.91. The molecule has 1 unspecified atom stereocenters. The van der Waals surface area contributed by atoms with Crippen molar-refractivity contribution >= 4 is 23.0 Å². The molecule has 0 aromatic carbocycles. The van der Waals surface area contributed by atoms with Gasteiger partial charge in [0.2, 0.25) is 0 Å². The van der Waals surface area contributed by atoms with Gasteiger partial charge in [0.25, 0.3) is 0 Å². The van der Waals surface area contributed by atoms with Crippen molar-refractivity contribution in [3.05, 3.63) is 28.5 Å². The maximum absolute atomic E-state index is 5.46. The van der Waals surface area contributed by atoms with Crippen LogP contribution in [0.25, 0.3) is 0 Å². The summed E-state index contributed by atoms with van der Waals surface area (Å²) in [6.45, 7) is 4.08. The molecule has 2 rings (SSSR count). The van der Waals surface area contributed by atoms with E-state index in [-0.39, 0.29) is 6.04 Å². The molecule has 0 radical (unpaired) electrons. The van der Waals surface area contributed by atoms with Gasteiger partial charge in [0.1, 0.15) is 16.6 Å². The number of rotatable bonds is 3. The first-order valence-corrected chi connectivity index (χ1v) is 5.73. The number of anilines is 2. The van der Waals surface area contributed by atoms with Gasteiger partial charge >= 0.3 is 0 Å². The smallest absolute Gasteiger partial charge is 0.145 e. The number of hydrogen-bond donors (Lipinski definition) is 2. The highest BCUT2D eigenvalue weighted by Gasteiger charge is 2.09. The summed E-state index contributed by atoms with van der Waals surface area (Å²) in [5, 5.41) is 4.26. The Morgan fingerprint density at radius 3 is 2.62 bits per heavy atom. The second-order valence-corrected chi connectivity index (χ2v) is 4.77. The Morgan fingerprint density at radius 2 is 2.06 bits per heavy atom. The first-order chi connectivity index (χ1) is 7.65. The molecule has 0 bridgehead atoms. The van der Waals surface area contributed by atoms with E-state index >= 15 is 0 Å². The minimum Gasteiger partial charge on any atom is -0.382 e. The van der Waals surface area contributed by atoms with Gasteiger partial charge in [0, 0.05) is 11.1 Å². The number of nitrogens with two attached hydrogens (primary N) is 1. The molecule has 3 N–H and O–H groups in total. The predicted molar refractivity (Wildman–Crippen MR) is 65.3 cm³/mol. The van der Waals surface area contributed by atoms with E-state index in [2.05, 4.69) is 20.3 Å². The highest BCUT2D eigenvalue weighted by molar-refractivity contribution is 7.11. The van der Waals surface area contributed by atoms with Gasteiger partial charge in [-0.25, -0.2) is 15.0 Å². The molecule has 16 heavy (non-hydrogen) atoms. The van der Waals surface area contributed by atoms with Crippen LogP contribution in [-0.4, -0.2) is 15.0 Å². The average molecular weight is 235 g/mol. The quantitative estimate of drug-likeness (QED) is 0.850. The van der Waals surface area contributed by atoms with Gasteiger partial charge in [-0.15, -0.1) is 11.3 Å². The van der Waals surface area contributed by atoms with Crippen molar-refractivity contribution in [1.29, 1.82) is 0 Å². The van der Waals surface area contributed by atoms with Gasteiger partial charge in [-0.3, -0.25) is 0 Å². The second kappa shape index (κ2) is 4.44. The molecule has 0 saturated carbocycles. The van der Waals surface area contributed by atoms with Crippen molar-refractivity contribution in [2.45, 2.75) is 19.9 Å². The average Bonchev–Trinajstić information content (AvgIpc) is 2.68. The highest BCUT2D eigenvalue weighted by Crippen LogP contribution is 2.21. The molecule has 0 amide bonds. The first kappa shape index (κ1) is 10.8. The van der Waals surface area contributed by atoms with Crippen LogP contribution in [-0.2, 0) is 0 Å². The van der Waals surface area contributed by atoms with Crippen LogP contribution in [0.2, 0.25) is 0 Å². The highest BCUT2D eigenvalue weighted by atomic mass is 32.1. The zero-order valence-electron chi connectivity index (χ0n) is 9.14. The Balaban J connectivity index is 2.07. The standard InChI is InChI=1S/C10H13N5S/c1-6-3-14-10(16-6)7(2)15-9-5-12-8(11)4-13-9/h3-5,7H,1-2H3,(H2,11,12)(H,13,15). The lowest BCUT2D eigenvalue weighted by molar-refractivity contribution is 0.858. The molecular formula is C10H13N5S. The van der Waals surface area contributed by atoms with Gasteiger partial charge < -0.3 is 11.1 Å². The largest absolute Gasteiger partial charge is 0.382 e. The molecule has 0 saturated heterocycles. The summed E-state index contributed by atoms with van der Waals surface area (Å²) in [7, 11) is 0. The fourth-order valence-electron chi connectivity index (χ4n) is 1.27. The third-order valence-corrected chi connectivity index (χ3v) is 3.14. The Kier molecular flexibility index (Phi) is 3.00. The van der Waals surface area contributed by atoms with E-state index in [0.717, 1.165) is 5.01 Å². The second-order valence-electron chi connectivity index (χ2n) is 3.50. The number of hydrogen-bond acceptors (Lipinski definition) is 6. The molecule has 0 aliphatic heterocycles. The lowest BCUT2D eigenvalue weighted by Crippen LogP contribution is -2.08. The van der Waals surface area contributed by atoms with E-state index in [4.69, 9.17) is 5.73 Å². The van der Waals surface area contributed by atoms with Crippen molar-refractivity contribution in [2.24, 2.45) is 0 Å². The summed E-state index contributed by atoms with van der Waals surface area (Å²) in [5.74, 6) is 1.12. The molecule has 84 valence electrons. The molecule has 6 heteroatoms. The van der Waals surface area contributed by atoms with E-state index in [0.29, 0.717) is 11.6 Å². The van der Waals surface area contributed by atoms with E-state index in [1.807, 2.05) is 20.0 Å². The molecule has 5 nitrogen and oxygen atoms in total. The molecule has 1 atom stereocenters. The monoisotopic (exact) mass is 235 g/mol. The fourth-order valence-corrected chi connectivity index (χ4v) is 2.04. The number of nitrogens with one attached hydrogen (secondary N) is 1. The molecule has 2 heterocycles. The molecule has 0 aliphatic carbocycles. The molecule has 2 aromatic rings. The Morgan fingerprint density at radius 1 is 1.25 bits per heavy atom. The minimum atomic E-state index is 0.122. The fraction of sp³-hybridized carbons (Fsp3) is 0.300. The van der Waals surface area contributed by atoms with Crippen LogP contribution in [0.1, 0.15) is 22.9 Å². The van der Waals surface area contributed by atoms with Gasteiger partial charge in [0.05, 0.1) is 18.4 Å². The molecule has 0 aliphatic rings. The maximum atomic E-state index is 5.46. The topological polar surface area (TPSA) is 76.7 Å². The number of nitrogens with zero attached hydrogens (tertiary/aromatic N) is 3. The minimum absolute atomic E-state index is 0.122. The van der Waals surface area contributed by atoms with E-state index in [1.54, 1.807) is 17.5 Å². The van der Waals surface area contributed by atoms with Crippen LogP contribution in [0, 0.1) is 6.92 Å². The van der Waals surface area contributed by atoms with Crippen molar-refractivity contribution in [2.75, 3.05) is 11.1 Å². The van der Waals surface area contributed by atoms with Gasteiger partial charge in [-0.05, 0) is 13.8 Å². The molecule has 0 spiro atoms. The summed E-state index contributed by atoms with van der Waals surface area (Å²) in [6.07, 6.45) is 5.02. The third-order valence-electron chi connectivity index (χ3n) is 2.05. The third kappa shape index (κ3) is 2.46. The van der Waals surface area contributed by atoms with Crippen LogP contribution in [0.15, 0.2) is 18.6 Å². The van der Waals surface area contributed by atoms with E-state index in [1.165, 1.54) is 11.1 Å². The summed E-state index contributed by atoms with van der Waals surface area (Å²) in [4.78, 5) is 13.6. The summed E-state index contributed by atoms with van der Waals surface area (Å²) in [5.41, 5.74) is 5.46. The summed E-state index contributed by atoms with van der Waals surface area (Å²) >= 11 is 1.67. The predicted octanol–water partition coefficient (Wildman–Crippen LogP) is 2.00. The van der Waals surface area contributed by atoms with Crippen molar-refractivity contribution in [3.63, 3.8) is 0 Å². The van der Waals surface area contributed by atoms with Crippen molar-refractivity contribution in [1.82, 2.24) is 15.0 Å². The van der Waals surface area contributed by atoms with Crippen molar-refractivity contribution in [3.8, 4) is 0 Å². The lowest BCUT2D eigenvalue weighted by Gasteiger charge is -2.11. The zero-order valence-corrected chi connectivity index (χ0v) is 9.95. The van der Waals surface area contributed by atoms with Crippen LogP contribution in [0.5, 0.6) is 0 Å². The summed E-state index contributed by atoms with van der Waals surface area (Å²) < 4.78 is 0.